The first-order chi connectivity index (χ1) is 19.3. The van der Waals surface area contributed by atoms with Crippen molar-refractivity contribution in [3.8, 4) is 5.75 Å². The van der Waals surface area contributed by atoms with E-state index in [1.165, 1.54) is 11.3 Å². The van der Waals surface area contributed by atoms with Crippen molar-refractivity contribution in [2.24, 2.45) is 0 Å². The molecule has 0 spiro atoms. The number of hydrogen-bond donors (Lipinski definition) is 2. The van der Waals surface area contributed by atoms with Gasteiger partial charge in [0.25, 0.3) is 5.91 Å². The van der Waals surface area contributed by atoms with Gasteiger partial charge in [0.1, 0.15) is 21.2 Å². The minimum atomic E-state index is -0.322. The van der Waals surface area contributed by atoms with E-state index in [2.05, 4.69) is 41.2 Å². The van der Waals surface area contributed by atoms with Crippen molar-refractivity contribution < 1.29 is 14.3 Å². The highest BCUT2D eigenvalue weighted by Crippen LogP contribution is 2.46. The van der Waals surface area contributed by atoms with Crippen molar-refractivity contribution in [1.82, 2.24) is 15.2 Å². The number of ether oxygens (including phenoxy) is 1. The van der Waals surface area contributed by atoms with Crippen LogP contribution in [0.15, 0.2) is 67.1 Å². The maximum Gasteiger partial charge on any atom is 0.331 e. The van der Waals surface area contributed by atoms with Gasteiger partial charge in [-0.15, -0.1) is 11.3 Å². The van der Waals surface area contributed by atoms with Gasteiger partial charge in [-0.05, 0) is 95.6 Å². The molecule has 1 aliphatic heterocycles. The number of amides is 3. The second kappa shape index (κ2) is 11.7. The quantitative estimate of drug-likeness (QED) is 0.232. The molecule has 3 aromatic rings. The van der Waals surface area contributed by atoms with Gasteiger partial charge >= 0.3 is 6.03 Å². The third-order valence-corrected chi connectivity index (χ3v) is 8.59. The Morgan fingerprint density at radius 2 is 2.10 bits per heavy atom. The Morgan fingerprint density at radius 3 is 2.83 bits per heavy atom. The molecule has 0 unspecified atom stereocenters. The summed E-state index contributed by atoms with van der Waals surface area (Å²) in [7, 11) is 4.17. The van der Waals surface area contributed by atoms with E-state index in [9.17, 15) is 9.59 Å². The molecule has 5 rings (SSSR count). The molecule has 8 nitrogen and oxygen atoms in total. The molecule has 0 radical (unpaired) electrons. The molecule has 3 amide bonds. The van der Waals surface area contributed by atoms with Crippen molar-refractivity contribution in [3.63, 3.8) is 0 Å². The molecule has 1 fully saturated rings. The maximum atomic E-state index is 13.6. The Balaban J connectivity index is 1.44. The number of thiophene rings is 1. The fraction of sp³-hybridized carbons (Fsp3) is 0.323. The number of benzene rings is 1. The molecule has 2 N–H and O–H groups in total. The van der Waals surface area contributed by atoms with Gasteiger partial charge in [0.2, 0.25) is 0 Å². The van der Waals surface area contributed by atoms with Crippen molar-refractivity contribution in [2.45, 2.75) is 51.6 Å². The molecule has 0 saturated heterocycles. The van der Waals surface area contributed by atoms with Gasteiger partial charge in [-0.1, -0.05) is 18.7 Å². The topological polar surface area (TPSA) is 86.8 Å². The van der Waals surface area contributed by atoms with Crippen molar-refractivity contribution in [3.05, 3.63) is 77.5 Å². The van der Waals surface area contributed by atoms with E-state index < -0.39 is 0 Å². The van der Waals surface area contributed by atoms with Crippen LogP contribution in [-0.2, 0) is 0 Å². The number of nitrogens with one attached hydrogen (secondary N) is 2. The highest BCUT2D eigenvalue weighted by Gasteiger charge is 2.34. The largest absolute Gasteiger partial charge is 0.458 e. The molecule has 1 aliphatic carbocycles. The zero-order valence-electron chi connectivity index (χ0n) is 23.4. The minimum Gasteiger partial charge on any atom is -0.458 e. The highest BCUT2D eigenvalue weighted by molar-refractivity contribution is 7.21. The molecule has 9 heteroatoms. The summed E-state index contributed by atoms with van der Waals surface area (Å²) in [5.74, 6) is 1.19. The first-order valence-electron chi connectivity index (χ1n) is 13.5. The molecule has 3 heterocycles. The average Bonchev–Trinajstić information content (AvgIpc) is 3.31. The molecule has 2 atom stereocenters. The molecule has 1 aromatic carbocycles. The molecule has 0 bridgehead atoms. The Hall–Kier alpha value is -3.95. The van der Waals surface area contributed by atoms with Crippen LogP contribution in [0.5, 0.6) is 5.75 Å². The van der Waals surface area contributed by atoms with Gasteiger partial charge in [-0.2, -0.15) is 0 Å². The first-order valence-corrected chi connectivity index (χ1v) is 14.4. The van der Waals surface area contributed by atoms with E-state index >= 15 is 0 Å². The Labute approximate surface area is 239 Å². The minimum absolute atomic E-state index is 0.105. The first kappa shape index (κ1) is 27.6. The number of anilines is 3. The van der Waals surface area contributed by atoms with Gasteiger partial charge in [0.05, 0.1) is 22.4 Å². The van der Waals surface area contributed by atoms with E-state index in [1.807, 2.05) is 56.3 Å². The predicted molar refractivity (Wildman–Crippen MR) is 163 cm³/mol. The fourth-order valence-corrected chi connectivity index (χ4v) is 6.45. The Kier molecular flexibility index (Phi) is 8.04. The van der Waals surface area contributed by atoms with Crippen LogP contribution in [0.3, 0.4) is 0 Å². The number of carbonyl (C=O) groups is 2. The van der Waals surface area contributed by atoms with E-state index in [1.54, 1.807) is 17.2 Å². The second-order valence-electron chi connectivity index (χ2n) is 10.4. The van der Waals surface area contributed by atoms with Crippen LogP contribution < -0.4 is 20.3 Å². The molecular weight excluding hydrogens is 522 g/mol. The molecular formula is C31H35N5O3S. The summed E-state index contributed by atoms with van der Waals surface area (Å²) in [5.41, 5.74) is 2.82. The number of nitrogens with zero attached hydrogens (tertiary/aromatic N) is 3. The summed E-state index contributed by atoms with van der Waals surface area (Å²) < 4.78 is 5.99. The molecule has 2 aromatic heterocycles. The van der Waals surface area contributed by atoms with E-state index in [4.69, 9.17) is 4.74 Å². The molecule has 2 aliphatic rings. The van der Waals surface area contributed by atoms with Crippen LogP contribution in [0.2, 0.25) is 0 Å². The van der Waals surface area contributed by atoms with Gasteiger partial charge in [0.15, 0.2) is 0 Å². The molecule has 40 heavy (non-hydrogen) atoms. The lowest BCUT2D eigenvalue weighted by molar-refractivity contribution is 0.0916. The predicted octanol–water partition coefficient (Wildman–Crippen LogP) is 6.92. The zero-order valence-corrected chi connectivity index (χ0v) is 24.2. The molecule has 208 valence electrons. The number of allylic oxidation sites excluding steroid dienone is 4. The monoisotopic (exact) mass is 557 g/mol. The standard InChI is InChI=1S/C31H35N5O3S/c1-6-8-12-22(7-2)39-23-13-14-24(19(3)17-23)36-25-15-16-32-30-26(25)27(34-31(36)38)28(40-30)29(37)33-20-10-9-11-21(18-20)35(4)5/h6-8,12-17,20-21H,1,9-11,18H2,2-5H3,(H,33,37)(H,34,38)/b12-8-,22-7+/t20-,21+/m1/s1. The van der Waals surface area contributed by atoms with Crippen LogP contribution >= 0.6 is 11.3 Å². The summed E-state index contributed by atoms with van der Waals surface area (Å²) in [5, 5.41) is 7.01. The summed E-state index contributed by atoms with van der Waals surface area (Å²) in [6.45, 7) is 7.54. The van der Waals surface area contributed by atoms with Crippen LogP contribution in [0.25, 0.3) is 10.2 Å². The van der Waals surface area contributed by atoms with E-state index in [-0.39, 0.29) is 18.0 Å². The number of pyridine rings is 1. The SMILES string of the molecule is C=C/C=C\C(=C/C)Oc1ccc(N2C(=O)Nc3c(C(=O)N[C@@H]4CCC[C@H](N(C)C)C4)sc4nccc2c34)c(C)c1. The number of aromatic nitrogens is 1. The van der Waals surface area contributed by atoms with Gasteiger partial charge < -0.3 is 20.3 Å². The summed E-state index contributed by atoms with van der Waals surface area (Å²) in [6, 6.07) is 7.67. The van der Waals surface area contributed by atoms with Crippen LogP contribution in [0.1, 0.15) is 47.8 Å². The summed E-state index contributed by atoms with van der Waals surface area (Å²) in [6.07, 6.45) is 13.0. The Morgan fingerprint density at radius 1 is 1.27 bits per heavy atom. The van der Waals surface area contributed by atoms with Crippen molar-refractivity contribution >= 4 is 50.6 Å². The molecule has 1 saturated carbocycles. The lowest BCUT2D eigenvalue weighted by atomic mass is 9.90. The fourth-order valence-electron chi connectivity index (χ4n) is 5.43. The van der Waals surface area contributed by atoms with E-state index in [0.29, 0.717) is 38.6 Å². The summed E-state index contributed by atoms with van der Waals surface area (Å²) in [4.78, 5) is 36.6. The van der Waals surface area contributed by atoms with Crippen LogP contribution in [0, 0.1) is 6.92 Å². The lowest BCUT2D eigenvalue weighted by Gasteiger charge is -2.33. The van der Waals surface area contributed by atoms with Crippen LogP contribution in [0.4, 0.5) is 21.9 Å². The second-order valence-corrected chi connectivity index (χ2v) is 11.4. The third kappa shape index (κ3) is 5.39. The number of aryl methyl sites for hydroxylation is 1. The smallest absolute Gasteiger partial charge is 0.331 e. The summed E-state index contributed by atoms with van der Waals surface area (Å²) >= 11 is 1.31. The number of rotatable bonds is 8. The number of carbonyl (C=O) groups excluding carboxylic acids is 2. The highest BCUT2D eigenvalue weighted by atomic mass is 32.1. The number of hydrogen-bond acceptors (Lipinski definition) is 6. The van der Waals surface area contributed by atoms with Crippen molar-refractivity contribution in [2.75, 3.05) is 24.3 Å². The maximum absolute atomic E-state index is 13.6. The van der Waals surface area contributed by atoms with Crippen LogP contribution in [-0.4, -0.2) is 48.0 Å². The third-order valence-electron chi connectivity index (χ3n) is 7.49. The number of urea groups is 1. The zero-order chi connectivity index (χ0) is 28.4. The lowest BCUT2D eigenvalue weighted by Crippen LogP contribution is -2.43. The average molecular weight is 558 g/mol. The van der Waals surface area contributed by atoms with Gasteiger partial charge in [0, 0.05) is 18.3 Å². The van der Waals surface area contributed by atoms with Gasteiger partial charge in [-0.3, -0.25) is 9.69 Å². The van der Waals surface area contributed by atoms with Crippen molar-refractivity contribution in [1.29, 1.82) is 0 Å². The normalized spacial score (nSPS) is 19.3. The van der Waals surface area contributed by atoms with Gasteiger partial charge in [-0.25, -0.2) is 9.78 Å². The van der Waals surface area contributed by atoms with E-state index in [0.717, 1.165) is 42.3 Å². The Bertz CT molecular complexity index is 1520.